The van der Waals surface area contributed by atoms with Gasteiger partial charge in [-0.1, -0.05) is 12.1 Å². The number of aromatic nitrogens is 3. The molecule has 8 rings (SSSR count). The molecule has 1 spiro atoms. The van der Waals surface area contributed by atoms with Gasteiger partial charge in [0, 0.05) is 58.1 Å². The first kappa shape index (κ1) is 30.9. The summed E-state index contributed by atoms with van der Waals surface area (Å²) in [6.07, 6.45) is 6.72. The first-order valence-electron chi connectivity index (χ1n) is 17.1. The summed E-state index contributed by atoms with van der Waals surface area (Å²) in [6, 6.07) is 8.50. The number of nitrogens with one attached hydrogen (secondary N) is 3. The summed E-state index contributed by atoms with van der Waals surface area (Å²) < 4.78 is 38.4. The molecule has 13 heteroatoms. The van der Waals surface area contributed by atoms with Crippen LogP contribution in [0.2, 0.25) is 0 Å². The number of amides is 1. The number of halogens is 2. The molecule has 0 unspecified atom stereocenters. The third kappa shape index (κ3) is 5.26. The highest BCUT2D eigenvalue weighted by molar-refractivity contribution is 5.94. The van der Waals surface area contributed by atoms with E-state index in [4.69, 9.17) is 9.84 Å². The van der Waals surface area contributed by atoms with E-state index in [1.807, 2.05) is 19.2 Å². The number of fused-ring (bicyclic) bond motifs is 2. The molecule has 3 aromatic rings. The van der Waals surface area contributed by atoms with Crippen molar-refractivity contribution in [3.63, 3.8) is 0 Å². The standard InChI is InChI=1S/C34H45F2N9O2/c1-37-26-16-30(41-45-28(17-39-31(26)45)32(46)40-25-6-7-29(25)47-2)44-14-10-24-22(4-3-5-27(24)44)18-42-19-33(20-42)11-15-43(21-34(33,35)36)23-8-12-38-13-9-23/h3-5,16-17,23,25,29,37-38H,6-15,18-21H2,1-2H3,(H,40,46)/t25-,29-/m1/s1. The molecule has 3 saturated heterocycles. The number of hydrogen-bond acceptors (Lipinski definition) is 9. The molecule has 0 bridgehead atoms. The molecule has 1 amide bonds. The SMILES string of the molecule is CNc1cc(N2CCc3c(CN4CC5(CCN(C6CCNCC6)CC5(F)F)C4)cccc32)nn2c(C(=O)N[C@@H]3CC[C@H]3OC)cnc12. The lowest BCUT2D eigenvalue weighted by atomic mass is 9.68. The van der Waals surface area contributed by atoms with Gasteiger partial charge in [0.15, 0.2) is 17.2 Å². The van der Waals surface area contributed by atoms with Crippen LogP contribution in [0.1, 0.15) is 53.7 Å². The number of benzene rings is 1. The Kier molecular flexibility index (Phi) is 7.85. The summed E-state index contributed by atoms with van der Waals surface area (Å²) in [4.78, 5) is 24.2. The van der Waals surface area contributed by atoms with Crippen LogP contribution >= 0.6 is 0 Å². The van der Waals surface area contributed by atoms with Crippen molar-refractivity contribution in [2.75, 3.05) is 70.2 Å². The first-order valence-corrected chi connectivity index (χ1v) is 17.1. The van der Waals surface area contributed by atoms with Crippen LogP contribution in [0.4, 0.5) is 26.0 Å². The monoisotopic (exact) mass is 649 g/mol. The van der Waals surface area contributed by atoms with Gasteiger partial charge in [-0.05, 0) is 75.4 Å². The Hall–Kier alpha value is -3.39. The van der Waals surface area contributed by atoms with E-state index in [1.165, 1.54) is 11.1 Å². The molecular weight excluding hydrogens is 604 g/mol. The van der Waals surface area contributed by atoms with Crippen molar-refractivity contribution < 1.29 is 18.3 Å². The summed E-state index contributed by atoms with van der Waals surface area (Å²) in [7, 11) is 3.50. The predicted molar refractivity (Wildman–Crippen MR) is 176 cm³/mol. The Morgan fingerprint density at radius 2 is 1.96 bits per heavy atom. The molecular formula is C34H45F2N9O2. The number of carbonyl (C=O) groups is 1. The van der Waals surface area contributed by atoms with Crippen LogP contribution in [-0.2, 0) is 17.7 Å². The fraction of sp³-hybridized carbons (Fsp3) is 0.618. The van der Waals surface area contributed by atoms with Crippen LogP contribution in [-0.4, -0.2) is 114 Å². The predicted octanol–water partition coefficient (Wildman–Crippen LogP) is 3.27. The maximum Gasteiger partial charge on any atom is 0.271 e. The lowest BCUT2D eigenvalue weighted by Gasteiger charge is -2.58. The van der Waals surface area contributed by atoms with Gasteiger partial charge < -0.3 is 25.6 Å². The minimum Gasteiger partial charge on any atom is -0.385 e. The van der Waals surface area contributed by atoms with Gasteiger partial charge in [0.25, 0.3) is 11.8 Å². The van der Waals surface area contributed by atoms with E-state index in [1.54, 1.807) is 17.8 Å². The highest BCUT2D eigenvalue weighted by Gasteiger charge is 2.62. The Labute approximate surface area is 274 Å². The van der Waals surface area contributed by atoms with Crippen LogP contribution < -0.4 is 20.9 Å². The van der Waals surface area contributed by atoms with Crippen molar-refractivity contribution in [1.29, 1.82) is 0 Å². The van der Waals surface area contributed by atoms with Gasteiger partial charge in [-0.3, -0.25) is 14.6 Å². The number of anilines is 3. The fourth-order valence-corrected chi connectivity index (χ4v) is 8.56. The second-order valence-electron chi connectivity index (χ2n) is 14.1. The first-order chi connectivity index (χ1) is 22.8. The van der Waals surface area contributed by atoms with E-state index in [0.29, 0.717) is 43.2 Å². The van der Waals surface area contributed by atoms with Crippen LogP contribution in [0, 0.1) is 5.41 Å². The largest absolute Gasteiger partial charge is 0.385 e. The van der Waals surface area contributed by atoms with Gasteiger partial charge in [0.2, 0.25) is 0 Å². The van der Waals surface area contributed by atoms with E-state index >= 15 is 8.78 Å². The van der Waals surface area contributed by atoms with E-state index in [0.717, 1.165) is 69.7 Å². The summed E-state index contributed by atoms with van der Waals surface area (Å²) in [6.45, 7) is 4.77. The quantitative estimate of drug-likeness (QED) is 0.340. The smallest absolute Gasteiger partial charge is 0.271 e. The summed E-state index contributed by atoms with van der Waals surface area (Å²) in [5, 5.41) is 14.6. The highest BCUT2D eigenvalue weighted by atomic mass is 19.3. The van der Waals surface area contributed by atoms with Crippen LogP contribution in [0.5, 0.6) is 0 Å². The molecule has 1 aromatic carbocycles. The molecule has 1 aliphatic carbocycles. The van der Waals surface area contributed by atoms with E-state index in [-0.39, 0.29) is 30.6 Å². The number of likely N-dealkylation sites (tertiary alicyclic amines) is 2. The van der Waals surface area contributed by atoms with Crippen molar-refractivity contribution >= 4 is 28.7 Å². The molecule has 4 aliphatic heterocycles. The number of methoxy groups -OCH3 is 1. The number of ether oxygens (including phenoxy) is 1. The fourth-order valence-electron chi connectivity index (χ4n) is 8.56. The number of imidazole rings is 1. The number of alkyl halides is 2. The Morgan fingerprint density at radius 3 is 2.68 bits per heavy atom. The molecule has 1 saturated carbocycles. The van der Waals surface area contributed by atoms with Gasteiger partial charge >= 0.3 is 0 Å². The van der Waals surface area contributed by atoms with E-state index < -0.39 is 11.3 Å². The minimum absolute atomic E-state index is 0.0199. The van der Waals surface area contributed by atoms with Crippen LogP contribution in [0.25, 0.3) is 5.65 Å². The molecule has 5 aliphatic rings. The second kappa shape index (κ2) is 11.9. The zero-order valence-corrected chi connectivity index (χ0v) is 27.3. The van der Waals surface area contributed by atoms with Gasteiger partial charge in [0.1, 0.15) is 0 Å². The maximum absolute atomic E-state index is 15.7. The molecule has 0 radical (unpaired) electrons. The molecule has 252 valence electrons. The number of hydrogen-bond donors (Lipinski definition) is 3. The lowest BCUT2D eigenvalue weighted by Crippen LogP contribution is -2.70. The van der Waals surface area contributed by atoms with Gasteiger partial charge in [-0.2, -0.15) is 0 Å². The highest BCUT2D eigenvalue weighted by Crippen LogP contribution is 2.51. The number of piperidine rings is 2. The molecule has 6 heterocycles. The Balaban J connectivity index is 0.981. The third-order valence-electron chi connectivity index (χ3n) is 11.5. The van der Waals surface area contributed by atoms with Crippen molar-refractivity contribution in [2.45, 2.75) is 69.2 Å². The molecule has 4 fully saturated rings. The van der Waals surface area contributed by atoms with Crippen LogP contribution in [0.15, 0.2) is 30.5 Å². The van der Waals surface area contributed by atoms with Crippen molar-refractivity contribution in [2.24, 2.45) is 5.41 Å². The summed E-state index contributed by atoms with van der Waals surface area (Å²) in [5.41, 5.74) is 4.29. The van der Waals surface area contributed by atoms with Gasteiger partial charge in [-0.15, -0.1) is 5.10 Å². The molecule has 2 aromatic heterocycles. The van der Waals surface area contributed by atoms with Crippen molar-refractivity contribution in [3.8, 4) is 0 Å². The maximum atomic E-state index is 15.7. The molecule has 11 nitrogen and oxygen atoms in total. The van der Waals surface area contributed by atoms with Crippen LogP contribution in [0.3, 0.4) is 0 Å². The summed E-state index contributed by atoms with van der Waals surface area (Å²) in [5.74, 6) is -2.19. The zero-order valence-electron chi connectivity index (χ0n) is 27.3. The normalized spacial score (nSPS) is 25.8. The second-order valence-corrected chi connectivity index (χ2v) is 14.1. The number of rotatable bonds is 8. The van der Waals surface area contributed by atoms with Crippen molar-refractivity contribution in [3.05, 3.63) is 47.3 Å². The van der Waals surface area contributed by atoms with E-state index in [2.05, 4.69) is 47.8 Å². The molecule has 2 atom stereocenters. The number of nitrogens with zero attached hydrogens (tertiary/aromatic N) is 6. The van der Waals surface area contributed by atoms with Crippen molar-refractivity contribution in [1.82, 2.24) is 35.0 Å². The van der Waals surface area contributed by atoms with E-state index in [9.17, 15) is 4.79 Å². The van der Waals surface area contributed by atoms with Gasteiger partial charge in [0.05, 0.1) is 36.0 Å². The lowest BCUT2D eigenvalue weighted by molar-refractivity contribution is -0.231. The molecule has 47 heavy (non-hydrogen) atoms. The third-order valence-corrected chi connectivity index (χ3v) is 11.5. The zero-order chi connectivity index (χ0) is 32.3. The topological polar surface area (TPSA) is 102 Å². The molecule has 3 N–H and O–H groups in total. The average Bonchev–Trinajstić information content (AvgIpc) is 3.68. The minimum atomic E-state index is -2.68. The van der Waals surface area contributed by atoms with Gasteiger partial charge in [-0.25, -0.2) is 18.3 Å². The average molecular weight is 650 g/mol. The number of carbonyl (C=O) groups excluding carboxylic acids is 1. The summed E-state index contributed by atoms with van der Waals surface area (Å²) >= 11 is 0. The Morgan fingerprint density at radius 1 is 1.13 bits per heavy atom. The Bertz CT molecular complexity index is 1650.